The fraction of sp³-hybridized carbons (Fsp3) is 0.167. The maximum absolute atomic E-state index is 11.8. The fourth-order valence-electron chi connectivity index (χ4n) is 2.25. The summed E-state index contributed by atoms with van der Waals surface area (Å²) in [7, 11) is 0. The fourth-order valence-corrected chi connectivity index (χ4v) is 2.73. The lowest BCUT2D eigenvalue weighted by molar-refractivity contribution is -0.137. The maximum atomic E-state index is 11.8. The lowest BCUT2D eigenvalue weighted by atomic mass is 10.0. The molecule has 130 valence electrons. The van der Waals surface area contributed by atoms with Crippen molar-refractivity contribution in [3.63, 3.8) is 0 Å². The first kappa shape index (κ1) is 18.7. The number of nitrogens with two attached hydrogens (primary N) is 1. The van der Waals surface area contributed by atoms with Crippen molar-refractivity contribution in [3.05, 3.63) is 52.5 Å². The quantitative estimate of drug-likeness (QED) is 0.417. The Balaban J connectivity index is 2.06. The average Bonchev–Trinajstić information content (AvgIpc) is 2.56. The van der Waals surface area contributed by atoms with Gasteiger partial charge >= 0.3 is 5.97 Å². The normalized spacial score (nSPS) is 10.3. The van der Waals surface area contributed by atoms with E-state index in [-0.39, 0.29) is 24.6 Å². The topological polar surface area (TPSA) is 116 Å². The Hall–Kier alpha value is -2.67. The zero-order chi connectivity index (χ0) is 18.4. The van der Waals surface area contributed by atoms with Crippen LogP contribution in [0.15, 0.2) is 46.9 Å². The van der Waals surface area contributed by atoms with Crippen molar-refractivity contribution >= 4 is 39.3 Å². The van der Waals surface area contributed by atoms with Crippen molar-refractivity contribution in [3.8, 4) is 11.1 Å². The molecular formula is C18H18BrN3O3. The van der Waals surface area contributed by atoms with Crippen molar-refractivity contribution in [2.24, 2.45) is 5.73 Å². The zero-order valence-electron chi connectivity index (χ0n) is 13.4. The van der Waals surface area contributed by atoms with Crippen LogP contribution in [0.1, 0.15) is 24.8 Å². The van der Waals surface area contributed by atoms with Crippen molar-refractivity contribution in [1.29, 1.82) is 5.41 Å². The molecule has 0 fully saturated rings. The number of benzene rings is 2. The van der Waals surface area contributed by atoms with Gasteiger partial charge < -0.3 is 16.2 Å². The van der Waals surface area contributed by atoms with Crippen molar-refractivity contribution in [2.75, 3.05) is 5.32 Å². The molecule has 6 nitrogen and oxygen atoms in total. The number of hydrogen-bond donors (Lipinski definition) is 4. The molecule has 0 radical (unpaired) electrons. The van der Waals surface area contributed by atoms with Crippen LogP contribution in [0.3, 0.4) is 0 Å². The number of halogens is 1. The first-order valence-electron chi connectivity index (χ1n) is 7.63. The van der Waals surface area contributed by atoms with Gasteiger partial charge in [0.25, 0.3) is 0 Å². The summed E-state index contributed by atoms with van der Waals surface area (Å²) in [5.41, 5.74) is 8.65. The Labute approximate surface area is 153 Å². The number of nitrogen functional groups attached to an aromatic ring is 1. The number of amidine groups is 1. The van der Waals surface area contributed by atoms with E-state index < -0.39 is 5.97 Å². The second-order valence-corrected chi connectivity index (χ2v) is 6.34. The highest BCUT2D eigenvalue weighted by atomic mass is 79.9. The van der Waals surface area contributed by atoms with Gasteiger partial charge in [0.1, 0.15) is 5.84 Å². The Morgan fingerprint density at radius 1 is 1.08 bits per heavy atom. The molecule has 5 N–H and O–H groups in total. The summed E-state index contributed by atoms with van der Waals surface area (Å²) < 4.78 is 0.729. The minimum atomic E-state index is -0.908. The molecule has 25 heavy (non-hydrogen) atoms. The Morgan fingerprint density at radius 2 is 1.72 bits per heavy atom. The van der Waals surface area contributed by atoms with Gasteiger partial charge in [0, 0.05) is 22.9 Å². The molecule has 0 saturated carbocycles. The number of carboxylic acid groups (broad SMARTS) is 1. The van der Waals surface area contributed by atoms with Crippen molar-refractivity contribution < 1.29 is 14.7 Å². The molecule has 0 bridgehead atoms. The van der Waals surface area contributed by atoms with Gasteiger partial charge in [0.15, 0.2) is 0 Å². The smallest absolute Gasteiger partial charge is 0.303 e. The minimum absolute atomic E-state index is 0.0219. The Morgan fingerprint density at radius 3 is 2.28 bits per heavy atom. The zero-order valence-corrected chi connectivity index (χ0v) is 15.0. The SMILES string of the molecule is N=C(N)c1ccc(-c2ccc(NC(=O)CCCC(=O)O)c(Br)c2)cc1. The van der Waals surface area contributed by atoms with Crippen LogP contribution in [0, 0.1) is 5.41 Å². The molecular weight excluding hydrogens is 386 g/mol. The highest BCUT2D eigenvalue weighted by molar-refractivity contribution is 9.10. The standard InChI is InChI=1S/C18H18BrN3O3/c19-14-10-13(11-4-6-12(7-5-11)18(20)21)8-9-15(14)22-16(23)2-1-3-17(24)25/h4-10H,1-3H2,(H3,20,21)(H,22,23)(H,24,25). The highest BCUT2D eigenvalue weighted by Gasteiger charge is 2.08. The lowest BCUT2D eigenvalue weighted by Crippen LogP contribution is -2.12. The predicted molar refractivity (Wildman–Crippen MR) is 101 cm³/mol. The van der Waals surface area contributed by atoms with E-state index in [0.29, 0.717) is 17.7 Å². The molecule has 1 amide bonds. The van der Waals surface area contributed by atoms with Crippen molar-refractivity contribution in [1.82, 2.24) is 0 Å². The minimum Gasteiger partial charge on any atom is -0.481 e. The van der Waals surface area contributed by atoms with Gasteiger partial charge in [-0.2, -0.15) is 0 Å². The average molecular weight is 404 g/mol. The van der Waals surface area contributed by atoms with Crippen LogP contribution in [-0.4, -0.2) is 22.8 Å². The van der Waals surface area contributed by atoms with Crippen LogP contribution in [-0.2, 0) is 9.59 Å². The molecule has 0 heterocycles. The molecule has 0 aliphatic carbocycles. The summed E-state index contributed by atoms with van der Waals surface area (Å²) in [5, 5.41) is 18.8. The summed E-state index contributed by atoms with van der Waals surface area (Å²) in [5.74, 6) is -1.11. The lowest BCUT2D eigenvalue weighted by Gasteiger charge is -2.10. The second-order valence-electron chi connectivity index (χ2n) is 5.48. The molecule has 0 spiro atoms. The summed E-state index contributed by atoms with van der Waals surface area (Å²) in [4.78, 5) is 22.3. The van der Waals surface area contributed by atoms with Crippen LogP contribution in [0.25, 0.3) is 11.1 Å². The molecule has 0 aromatic heterocycles. The molecule has 2 rings (SSSR count). The van der Waals surface area contributed by atoms with E-state index in [4.69, 9.17) is 16.2 Å². The molecule has 0 saturated heterocycles. The number of anilines is 1. The van der Waals surface area contributed by atoms with Gasteiger partial charge in [-0.3, -0.25) is 15.0 Å². The molecule has 0 aliphatic rings. The summed E-state index contributed by atoms with van der Waals surface area (Å²) in [6.07, 6.45) is 0.441. The number of aliphatic carboxylic acids is 1. The van der Waals surface area contributed by atoms with Crippen LogP contribution in [0.4, 0.5) is 5.69 Å². The highest BCUT2D eigenvalue weighted by Crippen LogP contribution is 2.29. The molecule has 0 atom stereocenters. The Bertz CT molecular complexity index is 804. The first-order valence-corrected chi connectivity index (χ1v) is 8.42. The third-order valence-corrected chi connectivity index (χ3v) is 4.22. The number of nitrogens with one attached hydrogen (secondary N) is 2. The third-order valence-electron chi connectivity index (χ3n) is 3.57. The van der Waals surface area contributed by atoms with E-state index in [2.05, 4.69) is 21.2 Å². The van der Waals surface area contributed by atoms with E-state index in [1.807, 2.05) is 24.3 Å². The number of carbonyl (C=O) groups excluding carboxylic acids is 1. The largest absolute Gasteiger partial charge is 0.481 e. The van der Waals surface area contributed by atoms with Crippen molar-refractivity contribution in [2.45, 2.75) is 19.3 Å². The number of hydrogen-bond acceptors (Lipinski definition) is 3. The van der Waals surface area contributed by atoms with Gasteiger partial charge in [-0.15, -0.1) is 0 Å². The van der Waals surface area contributed by atoms with Crippen LogP contribution >= 0.6 is 15.9 Å². The van der Waals surface area contributed by atoms with E-state index in [1.54, 1.807) is 18.2 Å². The van der Waals surface area contributed by atoms with Gasteiger partial charge in [-0.1, -0.05) is 30.3 Å². The predicted octanol–water partition coefficient (Wildman–Crippen LogP) is 3.59. The van der Waals surface area contributed by atoms with Crippen LogP contribution in [0.2, 0.25) is 0 Å². The number of amides is 1. The number of carbonyl (C=O) groups is 2. The summed E-state index contributed by atoms with van der Waals surface area (Å²) in [6.45, 7) is 0. The molecule has 2 aromatic carbocycles. The van der Waals surface area contributed by atoms with Gasteiger partial charge in [0.2, 0.25) is 5.91 Å². The number of carboxylic acids is 1. The van der Waals surface area contributed by atoms with E-state index in [0.717, 1.165) is 15.6 Å². The number of rotatable bonds is 7. The third kappa shape index (κ3) is 5.42. The first-order chi connectivity index (χ1) is 11.9. The molecule has 2 aromatic rings. The van der Waals surface area contributed by atoms with E-state index >= 15 is 0 Å². The summed E-state index contributed by atoms with van der Waals surface area (Å²) in [6, 6.07) is 12.9. The Kier molecular flexibility index (Phi) is 6.30. The van der Waals surface area contributed by atoms with Gasteiger partial charge in [-0.25, -0.2) is 0 Å². The van der Waals surface area contributed by atoms with Gasteiger partial charge in [0.05, 0.1) is 5.69 Å². The van der Waals surface area contributed by atoms with Crippen LogP contribution in [0.5, 0.6) is 0 Å². The molecule has 0 unspecified atom stereocenters. The van der Waals surface area contributed by atoms with E-state index in [1.165, 1.54) is 0 Å². The van der Waals surface area contributed by atoms with E-state index in [9.17, 15) is 9.59 Å². The maximum Gasteiger partial charge on any atom is 0.303 e. The second kappa shape index (κ2) is 8.43. The monoisotopic (exact) mass is 403 g/mol. The van der Waals surface area contributed by atoms with Crippen LogP contribution < -0.4 is 11.1 Å². The molecule has 7 heteroatoms. The summed E-state index contributed by atoms with van der Waals surface area (Å²) >= 11 is 3.44. The molecule has 0 aliphatic heterocycles. The van der Waals surface area contributed by atoms with Gasteiger partial charge in [-0.05, 0) is 45.6 Å².